The molecule has 0 saturated carbocycles. The fraction of sp³-hybridized carbons (Fsp3) is 0.462. The molecule has 17 heavy (non-hydrogen) atoms. The normalized spacial score (nSPS) is 12.1. The Labute approximate surface area is 101 Å². The molecule has 0 aromatic heterocycles. The molecule has 0 radical (unpaired) electrons. The molecule has 0 saturated heterocycles. The number of hydrogen-bond donors (Lipinski definition) is 2. The van der Waals surface area contributed by atoms with Crippen LogP contribution in [0.4, 0.5) is 0 Å². The van der Waals surface area contributed by atoms with E-state index < -0.39 is 12.0 Å². The number of aliphatic carboxylic acids is 1. The molecule has 0 heterocycles. The third-order valence-electron chi connectivity index (χ3n) is 2.71. The van der Waals surface area contributed by atoms with Gasteiger partial charge in [-0.25, -0.2) is 0 Å². The number of rotatable bonds is 7. The summed E-state index contributed by atoms with van der Waals surface area (Å²) < 4.78 is 5.07. The smallest absolute Gasteiger partial charge is 0.320 e. The molecule has 1 aromatic rings. The Bertz CT molecular complexity index is 348. The van der Waals surface area contributed by atoms with E-state index in [2.05, 4.69) is 0 Å². The summed E-state index contributed by atoms with van der Waals surface area (Å²) in [5.74, 6) is -0.0731. The van der Waals surface area contributed by atoms with Crippen molar-refractivity contribution in [3.05, 3.63) is 29.8 Å². The second kappa shape index (κ2) is 6.91. The van der Waals surface area contributed by atoms with Crippen molar-refractivity contribution in [3.63, 3.8) is 0 Å². The average Bonchev–Trinajstić information content (AvgIpc) is 2.35. The van der Waals surface area contributed by atoms with Gasteiger partial charge >= 0.3 is 5.97 Å². The molecule has 0 aliphatic heterocycles. The first-order chi connectivity index (χ1) is 8.13. The molecule has 0 bridgehead atoms. The molecule has 0 aliphatic carbocycles. The molecule has 0 amide bonds. The molecule has 0 unspecified atom stereocenters. The lowest BCUT2D eigenvalue weighted by atomic mass is 10.0. The SMILES string of the molecule is COc1ccc(CCCC[C@H](N)C(=O)O)cc1. The number of unbranched alkanes of at least 4 members (excludes halogenated alkanes) is 1. The monoisotopic (exact) mass is 237 g/mol. The number of aryl methyl sites for hydroxylation is 1. The van der Waals surface area contributed by atoms with Crippen LogP contribution >= 0.6 is 0 Å². The van der Waals surface area contributed by atoms with Crippen LogP contribution in [0.25, 0.3) is 0 Å². The molecule has 1 aromatic carbocycles. The van der Waals surface area contributed by atoms with Gasteiger partial charge in [0.1, 0.15) is 11.8 Å². The summed E-state index contributed by atoms with van der Waals surface area (Å²) in [4.78, 5) is 10.5. The summed E-state index contributed by atoms with van der Waals surface area (Å²) in [6, 6.07) is 7.17. The predicted molar refractivity (Wildman–Crippen MR) is 66.2 cm³/mol. The van der Waals surface area contributed by atoms with Crippen molar-refractivity contribution in [3.8, 4) is 5.75 Å². The first-order valence-corrected chi connectivity index (χ1v) is 5.75. The highest BCUT2D eigenvalue weighted by Crippen LogP contribution is 2.13. The summed E-state index contributed by atoms with van der Waals surface area (Å²) in [6.45, 7) is 0. The van der Waals surface area contributed by atoms with E-state index >= 15 is 0 Å². The second-order valence-corrected chi connectivity index (χ2v) is 4.04. The van der Waals surface area contributed by atoms with Crippen molar-refractivity contribution >= 4 is 5.97 Å². The van der Waals surface area contributed by atoms with Crippen molar-refractivity contribution in [2.45, 2.75) is 31.7 Å². The molecule has 1 rings (SSSR count). The summed E-state index contributed by atoms with van der Waals surface area (Å²) >= 11 is 0. The van der Waals surface area contributed by atoms with Crippen LogP contribution in [0.2, 0.25) is 0 Å². The summed E-state index contributed by atoms with van der Waals surface area (Å²) in [5.41, 5.74) is 6.65. The van der Waals surface area contributed by atoms with E-state index in [1.165, 1.54) is 5.56 Å². The van der Waals surface area contributed by atoms with E-state index in [1.54, 1.807) is 7.11 Å². The van der Waals surface area contributed by atoms with Gasteiger partial charge in [0.05, 0.1) is 7.11 Å². The number of hydrogen-bond acceptors (Lipinski definition) is 3. The highest BCUT2D eigenvalue weighted by atomic mass is 16.5. The second-order valence-electron chi connectivity index (χ2n) is 4.04. The van der Waals surface area contributed by atoms with E-state index in [0.717, 1.165) is 25.0 Å². The van der Waals surface area contributed by atoms with Gasteiger partial charge in [-0.1, -0.05) is 18.6 Å². The van der Waals surface area contributed by atoms with Crippen LogP contribution in [0.15, 0.2) is 24.3 Å². The largest absolute Gasteiger partial charge is 0.497 e. The minimum atomic E-state index is -0.922. The van der Waals surface area contributed by atoms with Crippen LogP contribution in [0, 0.1) is 0 Å². The highest BCUT2D eigenvalue weighted by molar-refractivity contribution is 5.72. The highest BCUT2D eigenvalue weighted by Gasteiger charge is 2.09. The van der Waals surface area contributed by atoms with Crippen LogP contribution in [0.5, 0.6) is 5.75 Å². The number of carbonyl (C=O) groups is 1. The number of benzene rings is 1. The fourth-order valence-corrected chi connectivity index (χ4v) is 1.61. The number of methoxy groups -OCH3 is 1. The zero-order valence-electron chi connectivity index (χ0n) is 10.1. The summed E-state index contributed by atoms with van der Waals surface area (Å²) in [7, 11) is 1.64. The first-order valence-electron chi connectivity index (χ1n) is 5.75. The standard InChI is InChI=1S/C13H19NO3/c1-17-11-8-6-10(7-9-11)4-2-3-5-12(14)13(15)16/h6-9,12H,2-5,14H2,1H3,(H,15,16)/t12-/m0/s1. The number of carboxylic acids is 1. The molecule has 94 valence electrons. The zero-order valence-corrected chi connectivity index (χ0v) is 10.1. The lowest BCUT2D eigenvalue weighted by molar-refractivity contribution is -0.138. The minimum Gasteiger partial charge on any atom is -0.497 e. The van der Waals surface area contributed by atoms with E-state index in [-0.39, 0.29) is 0 Å². The van der Waals surface area contributed by atoms with Gasteiger partial charge in [0.2, 0.25) is 0 Å². The molecular formula is C13H19NO3. The molecule has 0 aliphatic rings. The lowest BCUT2D eigenvalue weighted by Gasteiger charge is -2.06. The van der Waals surface area contributed by atoms with Gasteiger partial charge in [0.25, 0.3) is 0 Å². The number of nitrogens with two attached hydrogens (primary N) is 1. The van der Waals surface area contributed by atoms with Crippen molar-refractivity contribution in [1.29, 1.82) is 0 Å². The van der Waals surface area contributed by atoms with E-state index in [4.69, 9.17) is 15.6 Å². The first kappa shape index (κ1) is 13.5. The average molecular weight is 237 g/mol. The van der Waals surface area contributed by atoms with Gasteiger partial charge < -0.3 is 15.6 Å². The molecule has 1 atom stereocenters. The summed E-state index contributed by atoms with van der Waals surface area (Å²) in [6.07, 6.45) is 3.26. The van der Waals surface area contributed by atoms with Crippen LogP contribution in [0.1, 0.15) is 24.8 Å². The quantitative estimate of drug-likeness (QED) is 0.709. The number of carboxylic acid groups (broad SMARTS) is 1. The molecule has 0 spiro atoms. The van der Waals surface area contributed by atoms with Crippen molar-refractivity contribution < 1.29 is 14.6 Å². The Morgan fingerprint density at radius 1 is 1.35 bits per heavy atom. The van der Waals surface area contributed by atoms with Gasteiger partial charge in [-0.15, -0.1) is 0 Å². The minimum absolute atomic E-state index is 0.533. The molecule has 4 nitrogen and oxygen atoms in total. The maximum atomic E-state index is 10.5. The Morgan fingerprint density at radius 3 is 2.53 bits per heavy atom. The van der Waals surface area contributed by atoms with Gasteiger partial charge in [0, 0.05) is 0 Å². The van der Waals surface area contributed by atoms with Crippen molar-refractivity contribution in [2.24, 2.45) is 5.73 Å². The number of ether oxygens (including phenoxy) is 1. The van der Waals surface area contributed by atoms with E-state index in [0.29, 0.717) is 6.42 Å². The van der Waals surface area contributed by atoms with Crippen LogP contribution in [-0.4, -0.2) is 24.2 Å². The fourth-order valence-electron chi connectivity index (χ4n) is 1.61. The predicted octanol–water partition coefficient (Wildman–Crippen LogP) is 1.82. The van der Waals surface area contributed by atoms with Gasteiger partial charge in [-0.3, -0.25) is 4.79 Å². The van der Waals surface area contributed by atoms with Gasteiger partial charge in [-0.05, 0) is 37.0 Å². The third kappa shape index (κ3) is 4.87. The van der Waals surface area contributed by atoms with Crippen LogP contribution in [0.3, 0.4) is 0 Å². The van der Waals surface area contributed by atoms with Crippen LogP contribution in [-0.2, 0) is 11.2 Å². The van der Waals surface area contributed by atoms with Gasteiger partial charge in [0.15, 0.2) is 0 Å². The maximum Gasteiger partial charge on any atom is 0.320 e. The third-order valence-corrected chi connectivity index (χ3v) is 2.71. The van der Waals surface area contributed by atoms with Crippen molar-refractivity contribution in [2.75, 3.05) is 7.11 Å². The molecular weight excluding hydrogens is 218 g/mol. The van der Waals surface area contributed by atoms with Gasteiger partial charge in [-0.2, -0.15) is 0 Å². The van der Waals surface area contributed by atoms with Crippen molar-refractivity contribution in [1.82, 2.24) is 0 Å². The topological polar surface area (TPSA) is 72.5 Å². The lowest BCUT2D eigenvalue weighted by Crippen LogP contribution is -2.29. The summed E-state index contributed by atoms with van der Waals surface area (Å²) in [5, 5.41) is 8.62. The zero-order chi connectivity index (χ0) is 12.7. The Kier molecular flexibility index (Phi) is 5.49. The molecule has 0 fully saturated rings. The van der Waals surface area contributed by atoms with Crippen LogP contribution < -0.4 is 10.5 Å². The van der Waals surface area contributed by atoms with E-state index in [9.17, 15) is 4.79 Å². The molecule has 3 N–H and O–H groups in total. The molecule has 4 heteroatoms. The Hall–Kier alpha value is -1.55. The Balaban J connectivity index is 2.24. The Morgan fingerprint density at radius 2 is 2.00 bits per heavy atom. The maximum absolute atomic E-state index is 10.5. The van der Waals surface area contributed by atoms with E-state index in [1.807, 2.05) is 24.3 Å².